The summed E-state index contributed by atoms with van der Waals surface area (Å²) in [6.45, 7) is 9.32. The van der Waals surface area contributed by atoms with Crippen LogP contribution in [0.3, 0.4) is 0 Å². The fraction of sp³-hybridized carbons (Fsp3) is 0.750. The van der Waals surface area contributed by atoms with Gasteiger partial charge in [0.2, 0.25) is 0 Å². The van der Waals surface area contributed by atoms with Gasteiger partial charge in [-0.15, -0.1) is 0 Å². The Morgan fingerprint density at radius 2 is 2.00 bits per heavy atom. The maximum absolute atomic E-state index is 11.5. The van der Waals surface area contributed by atoms with Gasteiger partial charge in [-0.25, -0.2) is 0 Å². The van der Waals surface area contributed by atoms with Crippen molar-refractivity contribution in [2.45, 2.75) is 26.8 Å². The first-order valence-corrected chi connectivity index (χ1v) is 5.58. The van der Waals surface area contributed by atoms with E-state index in [0.29, 0.717) is 6.54 Å². The van der Waals surface area contributed by atoms with Crippen molar-refractivity contribution in [1.29, 1.82) is 0 Å². The average molecular weight is 206 g/mol. The summed E-state index contributed by atoms with van der Waals surface area (Å²) >= 11 is 0. The highest BCUT2D eigenvalue weighted by Crippen LogP contribution is 2.00. The highest BCUT2D eigenvalue weighted by atomic mass is 32.2. The third-order valence-electron chi connectivity index (χ3n) is 1.66. The smallest absolute Gasteiger partial charge is 0.198 e. The van der Waals surface area contributed by atoms with Gasteiger partial charge in [-0.3, -0.25) is 0 Å². The highest BCUT2D eigenvalue weighted by Gasteiger charge is 2.19. The molecule has 0 fully saturated rings. The Morgan fingerprint density at radius 1 is 1.54 bits per heavy atom. The van der Waals surface area contributed by atoms with Gasteiger partial charge in [0.15, 0.2) is 0 Å². The molecule has 78 valence electrons. The predicted molar refractivity (Wildman–Crippen MR) is 54.6 cm³/mol. The Morgan fingerprint density at radius 3 is 2.31 bits per heavy atom. The number of hydrogen-bond acceptors (Lipinski definition) is 2. The van der Waals surface area contributed by atoms with Crippen LogP contribution < -0.4 is 4.72 Å². The molecule has 0 amide bonds. The zero-order chi connectivity index (χ0) is 10.6. The zero-order valence-electron chi connectivity index (χ0n) is 8.66. The molecule has 0 rings (SSSR count). The lowest BCUT2D eigenvalue weighted by molar-refractivity contribution is 0.404. The summed E-state index contributed by atoms with van der Waals surface area (Å²) in [7, 11) is -1.79. The molecule has 0 saturated heterocycles. The van der Waals surface area contributed by atoms with Crippen LogP contribution in [0.5, 0.6) is 0 Å². The van der Waals surface area contributed by atoms with Gasteiger partial charge < -0.3 is 0 Å². The van der Waals surface area contributed by atoms with Crippen molar-refractivity contribution in [2.75, 3.05) is 13.6 Å². The van der Waals surface area contributed by atoms with Crippen molar-refractivity contribution in [3.63, 3.8) is 0 Å². The van der Waals surface area contributed by atoms with Crippen molar-refractivity contribution in [3.8, 4) is 0 Å². The fourth-order valence-electron chi connectivity index (χ4n) is 0.594. The van der Waals surface area contributed by atoms with E-state index in [1.165, 1.54) is 4.31 Å². The molecule has 5 heteroatoms. The molecule has 1 N–H and O–H groups in total. The van der Waals surface area contributed by atoms with Gasteiger partial charge in [-0.2, -0.15) is 17.4 Å². The number of rotatable bonds is 5. The van der Waals surface area contributed by atoms with E-state index in [0.717, 1.165) is 5.57 Å². The van der Waals surface area contributed by atoms with Crippen LogP contribution in [-0.4, -0.2) is 32.4 Å². The first-order chi connectivity index (χ1) is 5.77. The molecule has 0 unspecified atom stereocenters. The van der Waals surface area contributed by atoms with E-state index in [4.69, 9.17) is 0 Å². The second kappa shape index (κ2) is 4.74. The van der Waals surface area contributed by atoms with Crippen molar-refractivity contribution >= 4 is 10.2 Å². The molecule has 0 saturated carbocycles. The summed E-state index contributed by atoms with van der Waals surface area (Å²) in [4.78, 5) is 0. The second-order valence-corrected chi connectivity index (χ2v) is 5.21. The van der Waals surface area contributed by atoms with Crippen LogP contribution >= 0.6 is 0 Å². The van der Waals surface area contributed by atoms with E-state index in [9.17, 15) is 8.42 Å². The number of nitrogens with one attached hydrogen (secondary N) is 1. The van der Waals surface area contributed by atoms with Gasteiger partial charge in [0.05, 0.1) is 0 Å². The van der Waals surface area contributed by atoms with E-state index in [-0.39, 0.29) is 6.04 Å². The molecule has 0 aromatic rings. The van der Waals surface area contributed by atoms with Gasteiger partial charge in [0.1, 0.15) is 0 Å². The Labute approximate surface area is 80.8 Å². The molecule has 4 nitrogen and oxygen atoms in total. The molecular weight excluding hydrogens is 188 g/mol. The van der Waals surface area contributed by atoms with Crippen molar-refractivity contribution < 1.29 is 8.42 Å². The monoisotopic (exact) mass is 206 g/mol. The van der Waals surface area contributed by atoms with Gasteiger partial charge in [0.25, 0.3) is 10.2 Å². The summed E-state index contributed by atoms with van der Waals surface area (Å²) in [5.41, 5.74) is 0.792. The summed E-state index contributed by atoms with van der Waals surface area (Å²) in [5, 5.41) is 0. The molecule has 0 atom stereocenters. The van der Waals surface area contributed by atoms with Crippen LogP contribution in [0.15, 0.2) is 12.2 Å². The standard InChI is InChI=1S/C8H18N2O2S/c1-7(2)6-9-13(11,12)10(5)8(3)4/h8-9H,1,6H2,2-5H3. The molecule has 0 aliphatic heterocycles. The summed E-state index contributed by atoms with van der Waals surface area (Å²) in [6, 6.07) is -0.0392. The SMILES string of the molecule is C=C(C)CNS(=O)(=O)N(C)C(C)C. The number of hydrogen-bond donors (Lipinski definition) is 1. The van der Waals surface area contributed by atoms with E-state index in [1.54, 1.807) is 14.0 Å². The largest absolute Gasteiger partial charge is 0.279 e. The zero-order valence-corrected chi connectivity index (χ0v) is 9.48. The number of nitrogens with zero attached hydrogens (tertiary/aromatic N) is 1. The average Bonchev–Trinajstić information content (AvgIpc) is 1.99. The summed E-state index contributed by atoms with van der Waals surface area (Å²) < 4.78 is 26.6. The van der Waals surface area contributed by atoms with Crippen LogP contribution in [0.4, 0.5) is 0 Å². The highest BCUT2D eigenvalue weighted by molar-refractivity contribution is 7.87. The Balaban J connectivity index is 4.32. The topological polar surface area (TPSA) is 49.4 Å². The third-order valence-corrected chi connectivity index (χ3v) is 3.35. The van der Waals surface area contributed by atoms with Crippen LogP contribution in [0.2, 0.25) is 0 Å². The van der Waals surface area contributed by atoms with Crippen LogP contribution in [0, 0.1) is 0 Å². The molecule has 0 aromatic heterocycles. The Hall–Kier alpha value is -0.390. The molecule has 0 aromatic carbocycles. The minimum atomic E-state index is -3.33. The van der Waals surface area contributed by atoms with Crippen molar-refractivity contribution in [2.24, 2.45) is 0 Å². The molecule has 0 aliphatic rings. The van der Waals surface area contributed by atoms with E-state index in [2.05, 4.69) is 11.3 Å². The molecule has 0 aliphatic carbocycles. The van der Waals surface area contributed by atoms with Crippen molar-refractivity contribution in [1.82, 2.24) is 9.03 Å². The molecule has 0 heterocycles. The predicted octanol–water partition coefficient (Wildman–Crippen LogP) is 0.737. The van der Waals surface area contributed by atoms with Gasteiger partial charge in [0, 0.05) is 19.6 Å². The van der Waals surface area contributed by atoms with Gasteiger partial charge >= 0.3 is 0 Å². The normalized spacial score (nSPS) is 12.5. The minimum Gasteiger partial charge on any atom is -0.198 e. The lowest BCUT2D eigenvalue weighted by atomic mass is 10.4. The molecule has 0 radical (unpaired) electrons. The van der Waals surface area contributed by atoms with E-state index in [1.807, 2.05) is 13.8 Å². The van der Waals surface area contributed by atoms with E-state index < -0.39 is 10.2 Å². The molecule has 0 spiro atoms. The Kier molecular flexibility index (Phi) is 4.60. The van der Waals surface area contributed by atoms with Gasteiger partial charge in [-0.1, -0.05) is 12.2 Å². The lowest BCUT2D eigenvalue weighted by Gasteiger charge is -2.21. The van der Waals surface area contributed by atoms with Crippen LogP contribution in [0.1, 0.15) is 20.8 Å². The fourth-order valence-corrected chi connectivity index (χ4v) is 1.78. The second-order valence-electron chi connectivity index (χ2n) is 3.39. The quantitative estimate of drug-likeness (QED) is 0.674. The first kappa shape index (κ1) is 12.6. The van der Waals surface area contributed by atoms with Gasteiger partial charge in [-0.05, 0) is 20.8 Å². The summed E-state index contributed by atoms with van der Waals surface area (Å²) in [5.74, 6) is 0. The first-order valence-electron chi connectivity index (χ1n) is 4.14. The minimum absolute atomic E-state index is 0.0392. The Bertz CT molecular complexity index is 270. The summed E-state index contributed by atoms with van der Waals surface area (Å²) in [6.07, 6.45) is 0. The van der Waals surface area contributed by atoms with Crippen LogP contribution in [-0.2, 0) is 10.2 Å². The molecular formula is C8H18N2O2S. The maximum Gasteiger partial charge on any atom is 0.279 e. The molecule has 13 heavy (non-hydrogen) atoms. The lowest BCUT2D eigenvalue weighted by Crippen LogP contribution is -2.42. The maximum atomic E-state index is 11.5. The third kappa shape index (κ3) is 4.40. The van der Waals surface area contributed by atoms with E-state index >= 15 is 0 Å². The van der Waals surface area contributed by atoms with Crippen molar-refractivity contribution in [3.05, 3.63) is 12.2 Å². The molecule has 0 bridgehead atoms. The van der Waals surface area contributed by atoms with Crippen LogP contribution in [0.25, 0.3) is 0 Å².